The Balaban J connectivity index is 2.84. The zero-order chi connectivity index (χ0) is 12.8. The van der Waals surface area contributed by atoms with E-state index in [0.29, 0.717) is 12.2 Å². The second-order valence-corrected chi connectivity index (χ2v) is 3.98. The van der Waals surface area contributed by atoms with Crippen LogP contribution in [0.25, 0.3) is 0 Å². The maximum Gasteiger partial charge on any atom is 0.159 e. The highest BCUT2D eigenvalue weighted by atomic mass is 19.2. The fraction of sp³-hybridized carbons (Fsp3) is 0.538. The molecule has 0 aliphatic carbocycles. The largest absolute Gasteiger partial charge is 0.377 e. The highest BCUT2D eigenvalue weighted by Gasteiger charge is 2.20. The van der Waals surface area contributed by atoms with E-state index in [0.717, 1.165) is 25.0 Å². The lowest BCUT2D eigenvalue weighted by Crippen LogP contribution is -2.29. The van der Waals surface area contributed by atoms with E-state index in [2.05, 4.69) is 0 Å². The fourth-order valence-electron chi connectivity index (χ4n) is 1.80. The maximum absolute atomic E-state index is 13.1. The van der Waals surface area contributed by atoms with Gasteiger partial charge in [-0.05, 0) is 31.0 Å². The zero-order valence-corrected chi connectivity index (χ0v) is 10.2. The predicted molar refractivity (Wildman–Crippen MR) is 63.6 cm³/mol. The van der Waals surface area contributed by atoms with Crippen LogP contribution in [0, 0.1) is 11.6 Å². The Morgan fingerprint density at radius 1 is 1.24 bits per heavy atom. The first kappa shape index (κ1) is 14.1. The van der Waals surface area contributed by atoms with Crippen molar-refractivity contribution in [1.82, 2.24) is 0 Å². The van der Waals surface area contributed by atoms with Gasteiger partial charge in [-0.1, -0.05) is 19.4 Å². The molecule has 2 nitrogen and oxygen atoms in total. The standard InChI is InChI=1S/C13H19F2NO/c1-3-5-12(17-4-2)13(16)9-6-7-10(14)11(15)8-9/h6-8,12-13H,3-5,16H2,1-2H3. The summed E-state index contributed by atoms with van der Waals surface area (Å²) in [6.07, 6.45) is 1.57. The molecule has 96 valence electrons. The molecule has 1 aromatic carbocycles. The molecule has 0 aliphatic heterocycles. The minimum atomic E-state index is -0.871. The van der Waals surface area contributed by atoms with E-state index < -0.39 is 17.7 Å². The van der Waals surface area contributed by atoms with Crippen LogP contribution in [-0.4, -0.2) is 12.7 Å². The van der Waals surface area contributed by atoms with Gasteiger partial charge in [0, 0.05) is 6.61 Å². The van der Waals surface area contributed by atoms with Gasteiger partial charge in [-0.15, -0.1) is 0 Å². The molecule has 1 rings (SSSR count). The predicted octanol–water partition coefficient (Wildman–Crippen LogP) is 3.17. The van der Waals surface area contributed by atoms with Crippen LogP contribution in [-0.2, 0) is 4.74 Å². The van der Waals surface area contributed by atoms with Gasteiger partial charge in [-0.3, -0.25) is 0 Å². The second kappa shape index (κ2) is 6.67. The number of rotatable bonds is 6. The number of ether oxygens (including phenoxy) is 1. The Bertz CT molecular complexity index is 351. The summed E-state index contributed by atoms with van der Waals surface area (Å²) in [7, 11) is 0. The van der Waals surface area contributed by atoms with Crippen molar-refractivity contribution in [2.24, 2.45) is 5.73 Å². The molecule has 0 heterocycles. The van der Waals surface area contributed by atoms with Gasteiger partial charge in [0.25, 0.3) is 0 Å². The first-order valence-corrected chi connectivity index (χ1v) is 5.92. The summed E-state index contributed by atoms with van der Waals surface area (Å²) >= 11 is 0. The summed E-state index contributed by atoms with van der Waals surface area (Å²) in [5.74, 6) is -1.73. The van der Waals surface area contributed by atoms with Gasteiger partial charge in [0.2, 0.25) is 0 Å². The minimum absolute atomic E-state index is 0.158. The smallest absolute Gasteiger partial charge is 0.159 e. The highest BCUT2D eigenvalue weighted by Crippen LogP contribution is 2.22. The van der Waals surface area contributed by atoms with Gasteiger partial charge in [-0.2, -0.15) is 0 Å². The van der Waals surface area contributed by atoms with Crippen molar-refractivity contribution in [3.8, 4) is 0 Å². The summed E-state index contributed by atoms with van der Waals surface area (Å²) < 4.78 is 31.4. The van der Waals surface area contributed by atoms with Gasteiger partial charge >= 0.3 is 0 Å². The van der Waals surface area contributed by atoms with Gasteiger partial charge < -0.3 is 10.5 Å². The van der Waals surface area contributed by atoms with E-state index in [1.54, 1.807) is 0 Å². The Kier molecular flexibility index (Phi) is 5.51. The molecule has 0 saturated carbocycles. The SMILES string of the molecule is CCCC(OCC)C(N)c1ccc(F)c(F)c1. The average molecular weight is 243 g/mol. The number of nitrogens with two attached hydrogens (primary N) is 1. The number of hydrogen-bond acceptors (Lipinski definition) is 2. The van der Waals surface area contributed by atoms with Crippen LogP contribution in [0.5, 0.6) is 0 Å². The Hall–Kier alpha value is -1.00. The summed E-state index contributed by atoms with van der Waals surface area (Å²) in [4.78, 5) is 0. The molecule has 1 aromatic rings. The molecular weight excluding hydrogens is 224 g/mol. The average Bonchev–Trinajstić information content (AvgIpc) is 2.31. The molecule has 2 N–H and O–H groups in total. The number of benzene rings is 1. The fourth-order valence-corrected chi connectivity index (χ4v) is 1.80. The summed E-state index contributed by atoms with van der Waals surface area (Å²) in [6.45, 7) is 4.48. The van der Waals surface area contributed by atoms with E-state index in [4.69, 9.17) is 10.5 Å². The Morgan fingerprint density at radius 2 is 1.94 bits per heavy atom. The molecule has 0 aliphatic rings. The second-order valence-electron chi connectivity index (χ2n) is 3.98. The third-order valence-corrected chi connectivity index (χ3v) is 2.68. The summed E-state index contributed by atoms with van der Waals surface area (Å²) in [6, 6.07) is 3.32. The molecule has 0 saturated heterocycles. The topological polar surface area (TPSA) is 35.2 Å². The van der Waals surface area contributed by atoms with Crippen LogP contribution in [0.3, 0.4) is 0 Å². The lowest BCUT2D eigenvalue weighted by Gasteiger charge is -2.23. The van der Waals surface area contributed by atoms with Crippen LogP contribution < -0.4 is 5.73 Å². The van der Waals surface area contributed by atoms with Gasteiger partial charge in [0.1, 0.15) is 0 Å². The molecule has 0 aromatic heterocycles. The number of hydrogen-bond donors (Lipinski definition) is 1. The molecule has 17 heavy (non-hydrogen) atoms. The summed E-state index contributed by atoms with van der Waals surface area (Å²) in [5.41, 5.74) is 6.58. The minimum Gasteiger partial charge on any atom is -0.377 e. The van der Waals surface area contributed by atoms with Crippen molar-refractivity contribution in [3.05, 3.63) is 35.4 Å². The molecule has 2 atom stereocenters. The van der Waals surface area contributed by atoms with Crippen LogP contribution in [0.4, 0.5) is 8.78 Å². The van der Waals surface area contributed by atoms with Crippen LogP contribution >= 0.6 is 0 Å². The molecular formula is C13H19F2NO. The molecule has 0 bridgehead atoms. The third-order valence-electron chi connectivity index (χ3n) is 2.68. The lowest BCUT2D eigenvalue weighted by atomic mass is 9.99. The van der Waals surface area contributed by atoms with Gasteiger partial charge in [0.15, 0.2) is 11.6 Å². The molecule has 2 unspecified atom stereocenters. The van der Waals surface area contributed by atoms with Crippen molar-refractivity contribution in [2.45, 2.75) is 38.8 Å². The van der Waals surface area contributed by atoms with Crippen molar-refractivity contribution in [3.63, 3.8) is 0 Å². The van der Waals surface area contributed by atoms with Crippen LogP contribution in [0.15, 0.2) is 18.2 Å². The van der Waals surface area contributed by atoms with E-state index in [-0.39, 0.29) is 6.10 Å². The Morgan fingerprint density at radius 3 is 2.47 bits per heavy atom. The number of halogens is 2. The van der Waals surface area contributed by atoms with Crippen LogP contribution in [0.1, 0.15) is 38.3 Å². The normalized spacial score (nSPS) is 14.6. The monoisotopic (exact) mass is 243 g/mol. The van der Waals surface area contributed by atoms with Gasteiger partial charge in [-0.25, -0.2) is 8.78 Å². The lowest BCUT2D eigenvalue weighted by molar-refractivity contribution is 0.0373. The molecule has 0 radical (unpaired) electrons. The first-order chi connectivity index (χ1) is 8.10. The molecule has 0 amide bonds. The Labute approximate surface area is 101 Å². The highest BCUT2D eigenvalue weighted by molar-refractivity contribution is 5.22. The molecule has 4 heteroatoms. The van der Waals surface area contributed by atoms with Crippen molar-refractivity contribution in [2.75, 3.05) is 6.61 Å². The third kappa shape index (κ3) is 3.75. The zero-order valence-electron chi connectivity index (χ0n) is 10.2. The quantitative estimate of drug-likeness (QED) is 0.833. The van der Waals surface area contributed by atoms with Crippen molar-refractivity contribution < 1.29 is 13.5 Å². The first-order valence-electron chi connectivity index (χ1n) is 5.92. The van der Waals surface area contributed by atoms with E-state index in [1.165, 1.54) is 6.07 Å². The van der Waals surface area contributed by atoms with E-state index in [9.17, 15) is 8.78 Å². The molecule has 0 fully saturated rings. The molecule has 0 spiro atoms. The van der Waals surface area contributed by atoms with Crippen molar-refractivity contribution in [1.29, 1.82) is 0 Å². The van der Waals surface area contributed by atoms with Gasteiger partial charge in [0.05, 0.1) is 12.1 Å². The van der Waals surface area contributed by atoms with Crippen molar-refractivity contribution >= 4 is 0 Å². The maximum atomic E-state index is 13.1. The van der Waals surface area contributed by atoms with Crippen LogP contribution in [0.2, 0.25) is 0 Å². The van der Waals surface area contributed by atoms with E-state index >= 15 is 0 Å². The van der Waals surface area contributed by atoms with E-state index in [1.807, 2.05) is 13.8 Å². The summed E-state index contributed by atoms with van der Waals surface area (Å²) in [5, 5.41) is 0.